The van der Waals surface area contributed by atoms with Crippen molar-refractivity contribution in [1.82, 2.24) is 10.2 Å². The number of nitrogens with one attached hydrogen (secondary N) is 1. The minimum Gasteiger partial charge on any atom is -0.391 e. The topological polar surface area (TPSA) is 55.8 Å². The molecule has 2 fully saturated rings. The highest BCUT2D eigenvalue weighted by Gasteiger charge is 2.23. The van der Waals surface area contributed by atoms with Crippen LogP contribution in [0.3, 0.4) is 0 Å². The maximum absolute atomic E-state index is 12.7. The Kier molecular flexibility index (Phi) is 7.25. The van der Waals surface area contributed by atoms with Crippen LogP contribution in [0.2, 0.25) is 0 Å². The molecule has 2 heterocycles. The van der Waals surface area contributed by atoms with Crippen molar-refractivity contribution in [2.24, 2.45) is 0 Å². The van der Waals surface area contributed by atoms with Gasteiger partial charge in [0.15, 0.2) is 0 Å². The first kappa shape index (κ1) is 21.8. The predicted molar refractivity (Wildman–Crippen MR) is 126 cm³/mol. The van der Waals surface area contributed by atoms with Crippen LogP contribution in [0.4, 0.5) is 5.69 Å². The molecule has 0 aromatic heterocycles. The fourth-order valence-electron chi connectivity index (χ4n) is 4.65. The van der Waals surface area contributed by atoms with Crippen LogP contribution in [-0.4, -0.2) is 60.8 Å². The van der Waals surface area contributed by atoms with Gasteiger partial charge in [-0.05, 0) is 75.4 Å². The Hall–Kier alpha value is -2.37. The summed E-state index contributed by atoms with van der Waals surface area (Å²) in [6, 6.07) is 17.4. The van der Waals surface area contributed by atoms with Crippen molar-refractivity contribution in [2.75, 3.05) is 37.6 Å². The average molecular weight is 422 g/mol. The molecule has 5 heteroatoms. The molecule has 1 amide bonds. The van der Waals surface area contributed by atoms with Gasteiger partial charge in [-0.15, -0.1) is 0 Å². The first-order chi connectivity index (χ1) is 15.1. The molecule has 0 radical (unpaired) electrons. The van der Waals surface area contributed by atoms with Crippen molar-refractivity contribution in [3.63, 3.8) is 0 Å². The number of hydrogen-bond donors (Lipinski definition) is 2. The molecule has 2 saturated heterocycles. The van der Waals surface area contributed by atoms with Gasteiger partial charge in [0, 0.05) is 43.5 Å². The monoisotopic (exact) mass is 421 g/mol. The summed E-state index contributed by atoms with van der Waals surface area (Å²) >= 11 is 0. The average Bonchev–Trinajstić information content (AvgIpc) is 2.80. The highest BCUT2D eigenvalue weighted by atomic mass is 16.3. The molecule has 31 heavy (non-hydrogen) atoms. The molecule has 0 bridgehead atoms. The lowest BCUT2D eigenvalue weighted by molar-refractivity contribution is 0.0474. The van der Waals surface area contributed by atoms with Gasteiger partial charge in [0.2, 0.25) is 0 Å². The molecule has 0 saturated carbocycles. The van der Waals surface area contributed by atoms with Gasteiger partial charge < -0.3 is 20.2 Å². The van der Waals surface area contributed by atoms with E-state index in [0.29, 0.717) is 18.2 Å². The van der Waals surface area contributed by atoms with E-state index in [2.05, 4.69) is 53.5 Å². The number of piperidine rings is 2. The molecular weight excluding hydrogens is 386 g/mol. The summed E-state index contributed by atoms with van der Waals surface area (Å²) in [7, 11) is 0. The van der Waals surface area contributed by atoms with Crippen molar-refractivity contribution in [3.05, 3.63) is 65.2 Å². The molecule has 2 aliphatic rings. The van der Waals surface area contributed by atoms with Crippen molar-refractivity contribution in [3.8, 4) is 0 Å². The Labute approximate surface area is 186 Å². The third-order valence-corrected chi connectivity index (χ3v) is 6.63. The highest BCUT2D eigenvalue weighted by Crippen LogP contribution is 2.22. The molecule has 4 rings (SSSR count). The summed E-state index contributed by atoms with van der Waals surface area (Å²) in [5.41, 5.74) is 4.61. The Balaban J connectivity index is 1.22. The fourth-order valence-corrected chi connectivity index (χ4v) is 4.65. The number of rotatable bonds is 6. The van der Waals surface area contributed by atoms with E-state index >= 15 is 0 Å². The zero-order valence-corrected chi connectivity index (χ0v) is 18.6. The number of benzene rings is 2. The molecule has 2 N–H and O–H groups in total. The summed E-state index contributed by atoms with van der Waals surface area (Å²) < 4.78 is 0. The number of aliphatic hydroxyl groups is 1. The van der Waals surface area contributed by atoms with E-state index in [0.717, 1.165) is 58.3 Å². The van der Waals surface area contributed by atoms with Gasteiger partial charge in [-0.2, -0.15) is 0 Å². The highest BCUT2D eigenvalue weighted by molar-refractivity contribution is 5.94. The normalized spacial score (nSPS) is 20.1. The lowest BCUT2D eigenvalue weighted by Crippen LogP contribution is -2.43. The molecule has 166 valence electrons. The largest absolute Gasteiger partial charge is 0.391 e. The second-order valence-electron chi connectivity index (χ2n) is 9.05. The van der Waals surface area contributed by atoms with E-state index in [9.17, 15) is 9.90 Å². The number of β-amino-alcohol motifs (C(OH)–C–C–N with tert-alkyl or cyclic N) is 1. The zero-order chi connectivity index (χ0) is 21.6. The third kappa shape index (κ3) is 5.86. The van der Waals surface area contributed by atoms with E-state index in [-0.39, 0.29) is 12.0 Å². The smallest absolute Gasteiger partial charge is 0.253 e. The third-order valence-electron chi connectivity index (χ3n) is 6.63. The molecule has 5 nitrogen and oxygen atoms in total. The summed E-state index contributed by atoms with van der Waals surface area (Å²) in [6.07, 6.45) is 4.63. The summed E-state index contributed by atoms with van der Waals surface area (Å²) in [5, 5.41) is 13.6. The minimum absolute atomic E-state index is 0.0294. The van der Waals surface area contributed by atoms with Crippen LogP contribution >= 0.6 is 0 Å². The molecule has 2 aromatic rings. The van der Waals surface area contributed by atoms with Crippen molar-refractivity contribution >= 4 is 11.6 Å². The standard InChI is InChI=1S/C26H35N3O2/c1-20-4-6-21(7-5-20)12-15-27-23-13-17-28(18-14-23)24-10-8-22(9-11-24)26(31)29-16-2-3-25(30)19-29/h4-11,23,25,27,30H,2-3,12-19H2,1H3/t25-/m1/s1. The van der Waals surface area contributed by atoms with Crippen LogP contribution in [0.1, 0.15) is 47.2 Å². The number of carbonyl (C=O) groups is 1. The van der Waals surface area contributed by atoms with Gasteiger partial charge >= 0.3 is 0 Å². The van der Waals surface area contributed by atoms with E-state index in [1.54, 1.807) is 4.90 Å². The number of carbonyl (C=O) groups excluding carboxylic acids is 1. The van der Waals surface area contributed by atoms with Crippen molar-refractivity contribution in [2.45, 2.75) is 51.2 Å². The number of amides is 1. The van der Waals surface area contributed by atoms with Gasteiger partial charge in [0.25, 0.3) is 5.91 Å². The van der Waals surface area contributed by atoms with E-state index in [4.69, 9.17) is 0 Å². The lowest BCUT2D eigenvalue weighted by Gasteiger charge is -2.34. The Morgan fingerprint density at radius 3 is 2.39 bits per heavy atom. The molecule has 0 unspecified atom stereocenters. The number of nitrogens with zero attached hydrogens (tertiary/aromatic N) is 2. The summed E-state index contributed by atoms with van der Waals surface area (Å²) in [4.78, 5) is 16.9. The van der Waals surface area contributed by atoms with Gasteiger partial charge in [-0.3, -0.25) is 4.79 Å². The van der Waals surface area contributed by atoms with E-state index in [1.807, 2.05) is 12.1 Å². The van der Waals surface area contributed by atoms with Gasteiger partial charge in [0.05, 0.1) is 6.10 Å². The van der Waals surface area contributed by atoms with Crippen molar-refractivity contribution in [1.29, 1.82) is 0 Å². The van der Waals surface area contributed by atoms with E-state index in [1.165, 1.54) is 16.8 Å². The molecule has 0 spiro atoms. The number of likely N-dealkylation sites (tertiary alicyclic amines) is 1. The lowest BCUT2D eigenvalue weighted by atomic mass is 10.0. The Bertz CT molecular complexity index is 842. The van der Waals surface area contributed by atoms with Crippen molar-refractivity contribution < 1.29 is 9.90 Å². The van der Waals surface area contributed by atoms with E-state index < -0.39 is 0 Å². The first-order valence-corrected chi connectivity index (χ1v) is 11.7. The number of aryl methyl sites for hydroxylation is 1. The number of anilines is 1. The number of aliphatic hydroxyl groups excluding tert-OH is 1. The molecule has 2 aromatic carbocycles. The van der Waals surface area contributed by atoms with Crippen LogP contribution in [-0.2, 0) is 6.42 Å². The second-order valence-corrected chi connectivity index (χ2v) is 9.05. The predicted octanol–water partition coefficient (Wildman–Crippen LogP) is 3.39. The Morgan fingerprint density at radius 1 is 1.00 bits per heavy atom. The molecule has 0 aliphatic carbocycles. The molecule has 1 atom stereocenters. The van der Waals surface area contributed by atoms with Gasteiger partial charge in [-0.1, -0.05) is 29.8 Å². The van der Waals surface area contributed by atoms with Gasteiger partial charge in [0.1, 0.15) is 0 Å². The first-order valence-electron chi connectivity index (χ1n) is 11.7. The SMILES string of the molecule is Cc1ccc(CCNC2CCN(c3ccc(C(=O)N4CCC[C@@H](O)C4)cc3)CC2)cc1. The van der Waals surface area contributed by atoms with Crippen LogP contribution < -0.4 is 10.2 Å². The molecule has 2 aliphatic heterocycles. The summed E-state index contributed by atoms with van der Waals surface area (Å²) in [6.45, 7) is 6.41. The van der Waals surface area contributed by atoms with Crippen LogP contribution in [0.5, 0.6) is 0 Å². The maximum Gasteiger partial charge on any atom is 0.253 e. The summed E-state index contributed by atoms with van der Waals surface area (Å²) in [5.74, 6) is 0.0294. The van der Waals surface area contributed by atoms with Crippen LogP contribution in [0, 0.1) is 6.92 Å². The number of hydrogen-bond acceptors (Lipinski definition) is 4. The maximum atomic E-state index is 12.7. The Morgan fingerprint density at radius 2 is 1.71 bits per heavy atom. The van der Waals surface area contributed by atoms with Gasteiger partial charge in [-0.25, -0.2) is 0 Å². The van der Waals surface area contributed by atoms with Crippen LogP contribution in [0.15, 0.2) is 48.5 Å². The minimum atomic E-state index is -0.385. The molecular formula is C26H35N3O2. The fraction of sp³-hybridized carbons (Fsp3) is 0.500. The quantitative estimate of drug-likeness (QED) is 0.751. The second kappa shape index (κ2) is 10.3. The van der Waals surface area contributed by atoms with Crippen LogP contribution in [0.25, 0.3) is 0 Å². The zero-order valence-electron chi connectivity index (χ0n) is 18.6.